The van der Waals surface area contributed by atoms with Gasteiger partial charge >= 0.3 is 66.7 Å². The van der Waals surface area contributed by atoms with Crippen LogP contribution < -0.4 is 24.0 Å². The molecule has 8 nitrogen and oxygen atoms in total. The summed E-state index contributed by atoms with van der Waals surface area (Å²) in [5.41, 5.74) is 0. The molecule has 0 radical (unpaired) electrons. The fourth-order valence-corrected chi connectivity index (χ4v) is 5.37. The molecule has 0 N–H and O–H groups in total. The molecule has 29 heteroatoms. The minimum Gasteiger partial charge on any atom is -0.548 e. The Labute approximate surface area is 258 Å². The Morgan fingerprint density at radius 2 is 0.870 bits per heavy atom. The van der Waals surface area contributed by atoms with Gasteiger partial charge in [-0.15, -0.1) is 0 Å². The SMILES string of the molecule is CN(CC(C(=O)[O-])N(C)S(=O)(=O)CCC(F)(F)C(F)(F)C(F)(F)C(F)(F)F)S(=O)(=O)CCC(F)(F)C(F)(F)C(F)(F)C(F)(F)F.[Li+]. The molecular formula is C17H17F18LiN2O6S2. The maximum atomic E-state index is 13.7. The first kappa shape index (κ1) is 46.7. The number of hydrogen-bond acceptors (Lipinski definition) is 6. The van der Waals surface area contributed by atoms with Crippen LogP contribution in [0.15, 0.2) is 0 Å². The Kier molecular flexibility index (Phi) is 14.1. The molecule has 0 rings (SSSR count). The van der Waals surface area contributed by atoms with E-state index in [1.807, 2.05) is 0 Å². The number of halogens is 18. The van der Waals surface area contributed by atoms with Gasteiger partial charge in [0, 0.05) is 33.5 Å². The average molecular weight is 758 g/mol. The van der Waals surface area contributed by atoms with Crippen LogP contribution in [-0.2, 0) is 24.8 Å². The van der Waals surface area contributed by atoms with Crippen LogP contribution in [0, 0.1) is 0 Å². The number of carbonyl (C=O) groups excluding carboxylic acids is 1. The van der Waals surface area contributed by atoms with Gasteiger partial charge in [-0.25, -0.2) is 21.1 Å². The first-order chi connectivity index (χ1) is 19.3. The van der Waals surface area contributed by atoms with Gasteiger partial charge in [0.25, 0.3) is 0 Å². The van der Waals surface area contributed by atoms with Crippen molar-refractivity contribution in [1.82, 2.24) is 8.61 Å². The molecule has 0 aliphatic heterocycles. The number of rotatable bonds is 16. The number of carboxylic acids is 1. The summed E-state index contributed by atoms with van der Waals surface area (Å²) >= 11 is 0. The van der Waals surface area contributed by atoms with Crippen LogP contribution in [0.4, 0.5) is 79.0 Å². The number of carboxylic acid groups (broad SMARTS) is 1. The molecule has 0 saturated carbocycles. The molecule has 0 fully saturated rings. The topological polar surface area (TPSA) is 115 Å². The zero-order valence-corrected chi connectivity index (χ0v) is 24.2. The Morgan fingerprint density at radius 1 is 0.587 bits per heavy atom. The minimum absolute atomic E-state index is 0. The fraction of sp³-hybridized carbons (Fsp3) is 0.941. The van der Waals surface area contributed by atoms with Gasteiger partial charge in [0.15, 0.2) is 0 Å². The van der Waals surface area contributed by atoms with E-state index in [0.717, 1.165) is 0 Å². The van der Waals surface area contributed by atoms with Crippen molar-refractivity contribution in [2.24, 2.45) is 0 Å². The number of likely N-dealkylation sites (N-methyl/N-ethyl adjacent to an activating group) is 2. The molecule has 0 aromatic heterocycles. The molecule has 0 spiro atoms. The van der Waals surface area contributed by atoms with E-state index < -0.39 is 119 Å². The zero-order chi connectivity index (χ0) is 36.8. The Morgan fingerprint density at radius 3 is 1.13 bits per heavy atom. The summed E-state index contributed by atoms with van der Waals surface area (Å²) in [5, 5.41) is 11.4. The van der Waals surface area contributed by atoms with Crippen LogP contribution in [0.3, 0.4) is 0 Å². The van der Waals surface area contributed by atoms with E-state index in [4.69, 9.17) is 0 Å². The van der Waals surface area contributed by atoms with E-state index in [0.29, 0.717) is 0 Å². The van der Waals surface area contributed by atoms with Crippen molar-refractivity contribution in [3.63, 3.8) is 0 Å². The molecule has 0 amide bonds. The molecule has 0 saturated heterocycles. The number of nitrogens with zero attached hydrogens (tertiary/aromatic N) is 2. The molecule has 0 aliphatic rings. The van der Waals surface area contributed by atoms with Gasteiger partial charge in [0.2, 0.25) is 20.0 Å². The largest absolute Gasteiger partial charge is 1.00 e. The second-order valence-electron chi connectivity index (χ2n) is 8.97. The zero-order valence-electron chi connectivity index (χ0n) is 22.6. The van der Waals surface area contributed by atoms with Gasteiger partial charge in [0.1, 0.15) is 0 Å². The third-order valence-corrected chi connectivity index (χ3v) is 9.49. The molecule has 0 heterocycles. The van der Waals surface area contributed by atoms with Crippen molar-refractivity contribution in [2.45, 2.75) is 66.8 Å². The van der Waals surface area contributed by atoms with Crippen molar-refractivity contribution in [1.29, 1.82) is 0 Å². The summed E-state index contributed by atoms with van der Waals surface area (Å²) in [6, 6.07) is -3.03. The van der Waals surface area contributed by atoms with Crippen molar-refractivity contribution in [3.8, 4) is 0 Å². The van der Waals surface area contributed by atoms with Crippen molar-refractivity contribution >= 4 is 26.0 Å². The Bertz CT molecular complexity index is 1290. The monoisotopic (exact) mass is 758 g/mol. The van der Waals surface area contributed by atoms with E-state index in [9.17, 15) is 106 Å². The standard InChI is InChI=1S/C17H18F18N2O6S2.Li/c1-36(44(40,41)5-3-10(18,19)12(22,23)14(26,27)16(30,31)32)7-8(9(38)39)37(2)45(42,43)6-4-11(20,21)13(24,25)15(28,29)17(33,34)35;/h8H,3-7H2,1-2H3,(H,38,39);/q;+1/p-1. The maximum absolute atomic E-state index is 13.7. The van der Waals surface area contributed by atoms with E-state index >= 15 is 0 Å². The summed E-state index contributed by atoms with van der Waals surface area (Å²) in [5.74, 6) is -50.1. The van der Waals surface area contributed by atoms with Crippen LogP contribution >= 0.6 is 0 Å². The molecular weight excluding hydrogens is 741 g/mol. The van der Waals surface area contributed by atoms with Crippen LogP contribution in [0.1, 0.15) is 12.8 Å². The van der Waals surface area contributed by atoms with Gasteiger partial charge in [-0.05, 0) is 0 Å². The number of alkyl halides is 18. The van der Waals surface area contributed by atoms with E-state index in [-0.39, 0.29) is 33.0 Å². The molecule has 0 bridgehead atoms. The van der Waals surface area contributed by atoms with Crippen LogP contribution in [-0.4, -0.2) is 117 Å². The first-order valence-electron chi connectivity index (χ1n) is 10.8. The molecule has 46 heavy (non-hydrogen) atoms. The number of aliphatic carboxylic acids is 1. The Balaban J connectivity index is 0. The molecule has 270 valence electrons. The number of carbonyl (C=O) groups is 1. The van der Waals surface area contributed by atoms with Gasteiger partial charge < -0.3 is 9.90 Å². The average Bonchev–Trinajstić information content (AvgIpc) is 2.82. The predicted molar refractivity (Wildman–Crippen MR) is 108 cm³/mol. The van der Waals surface area contributed by atoms with Crippen molar-refractivity contribution in [3.05, 3.63) is 0 Å². The van der Waals surface area contributed by atoms with Gasteiger partial charge in [0.05, 0.1) is 23.5 Å². The third kappa shape index (κ3) is 8.99. The quantitative estimate of drug-likeness (QED) is 0.166. The van der Waals surface area contributed by atoms with E-state index in [2.05, 4.69) is 0 Å². The Hall–Kier alpha value is -1.37. The minimum atomic E-state index is -7.44. The summed E-state index contributed by atoms with van der Waals surface area (Å²) in [4.78, 5) is 11.4. The van der Waals surface area contributed by atoms with Gasteiger partial charge in [-0.1, -0.05) is 0 Å². The van der Waals surface area contributed by atoms with Gasteiger partial charge in [-0.2, -0.15) is 83.3 Å². The predicted octanol–water partition coefficient (Wildman–Crippen LogP) is 0.349. The van der Waals surface area contributed by atoms with Crippen LogP contribution in [0.5, 0.6) is 0 Å². The summed E-state index contributed by atoms with van der Waals surface area (Å²) < 4.78 is 281. The smallest absolute Gasteiger partial charge is 0.548 e. The second kappa shape index (κ2) is 13.9. The normalized spacial score (nSPS) is 16.0. The third-order valence-electron chi connectivity index (χ3n) is 5.82. The van der Waals surface area contributed by atoms with E-state index in [1.54, 1.807) is 0 Å². The molecule has 0 aromatic rings. The maximum Gasteiger partial charge on any atom is 1.00 e. The summed E-state index contributed by atoms with van der Waals surface area (Å²) in [6.45, 7) is -1.90. The van der Waals surface area contributed by atoms with Crippen LogP contribution in [0.2, 0.25) is 0 Å². The van der Waals surface area contributed by atoms with E-state index in [1.165, 1.54) is 0 Å². The molecule has 0 aliphatic carbocycles. The van der Waals surface area contributed by atoms with Crippen LogP contribution in [0.25, 0.3) is 0 Å². The summed E-state index contributed by atoms with van der Waals surface area (Å²) in [6.07, 6.45) is -20.6. The van der Waals surface area contributed by atoms with Gasteiger partial charge in [-0.3, -0.25) is 0 Å². The second-order valence-corrected chi connectivity index (χ2v) is 13.3. The molecule has 1 unspecified atom stereocenters. The molecule has 0 aromatic carbocycles. The number of sulfonamides is 2. The van der Waals surface area contributed by atoms with Crippen molar-refractivity contribution in [2.75, 3.05) is 32.1 Å². The van der Waals surface area contributed by atoms with Crippen molar-refractivity contribution < 1.29 is 125 Å². The first-order valence-corrected chi connectivity index (χ1v) is 14.0. The number of hydrogen-bond donors (Lipinski definition) is 0. The summed E-state index contributed by atoms with van der Waals surface area (Å²) in [7, 11) is -11.3. The molecule has 1 atom stereocenters. The fourth-order valence-electron chi connectivity index (χ4n) is 2.83.